The molecule has 2 aromatic carbocycles. The van der Waals surface area contributed by atoms with Gasteiger partial charge in [-0.3, -0.25) is 9.59 Å². The quantitative estimate of drug-likeness (QED) is 0.780. The van der Waals surface area contributed by atoms with Crippen LogP contribution in [0.25, 0.3) is 0 Å². The van der Waals surface area contributed by atoms with Crippen molar-refractivity contribution in [2.45, 2.75) is 24.0 Å². The smallest absolute Gasteiger partial charge is 0.324 e. The number of hydrogen-bond acceptors (Lipinski definition) is 4. The van der Waals surface area contributed by atoms with Gasteiger partial charge in [0, 0.05) is 5.69 Å². The molecule has 0 unspecified atom stereocenters. The van der Waals surface area contributed by atoms with Crippen molar-refractivity contribution in [3.8, 4) is 0 Å². The number of halogens is 4. The second kappa shape index (κ2) is 6.59. The standard InChI is InChI=1S/C17H12F4N2O4S/c1-9(23-16(25)11-4-2-3-5-14(11)28(23,26)27)15(24)22-10-6-7-13(18)12(8-10)17(19,20)21/h2-9H,1H3,(H,22,24)/t9-/m1/s1. The summed E-state index contributed by atoms with van der Waals surface area (Å²) in [4.78, 5) is 24.5. The van der Waals surface area contributed by atoms with Crippen molar-refractivity contribution in [1.82, 2.24) is 4.31 Å². The van der Waals surface area contributed by atoms with E-state index in [0.717, 1.165) is 13.0 Å². The predicted molar refractivity (Wildman–Crippen MR) is 89.3 cm³/mol. The fourth-order valence-electron chi connectivity index (χ4n) is 2.76. The van der Waals surface area contributed by atoms with Gasteiger partial charge in [0.15, 0.2) is 0 Å². The van der Waals surface area contributed by atoms with Gasteiger partial charge >= 0.3 is 6.18 Å². The third-order valence-corrected chi connectivity index (χ3v) is 6.04. The van der Waals surface area contributed by atoms with Crippen molar-refractivity contribution in [3.05, 3.63) is 59.4 Å². The van der Waals surface area contributed by atoms with Gasteiger partial charge in [0.1, 0.15) is 16.8 Å². The number of rotatable bonds is 3. The monoisotopic (exact) mass is 416 g/mol. The van der Waals surface area contributed by atoms with Crippen LogP contribution in [0.2, 0.25) is 0 Å². The Morgan fingerprint density at radius 2 is 1.79 bits per heavy atom. The van der Waals surface area contributed by atoms with Crippen molar-refractivity contribution in [1.29, 1.82) is 0 Å². The summed E-state index contributed by atoms with van der Waals surface area (Å²) in [6.45, 7) is 1.12. The number of nitrogens with zero attached hydrogens (tertiary/aromatic N) is 1. The molecule has 6 nitrogen and oxygen atoms in total. The van der Waals surface area contributed by atoms with Gasteiger partial charge < -0.3 is 5.32 Å². The molecule has 0 bridgehead atoms. The number of carbonyl (C=O) groups is 2. The third kappa shape index (κ3) is 3.21. The Hall–Kier alpha value is -2.95. The number of carbonyl (C=O) groups excluding carboxylic acids is 2. The SMILES string of the molecule is C[C@H](C(=O)Nc1ccc(F)c(C(F)(F)F)c1)N1C(=O)c2ccccc2S1(=O)=O. The maximum absolute atomic E-state index is 13.3. The van der Waals surface area contributed by atoms with Gasteiger partial charge in [-0.1, -0.05) is 12.1 Å². The lowest BCUT2D eigenvalue weighted by Crippen LogP contribution is -2.45. The van der Waals surface area contributed by atoms with E-state index >= 15 is 0 Å². The molecule has 0 aromatic heterocycles. The van der Waals surface area contributed by atoms with E-state index in [1.165, 1.54) is 24.3 Å². The molecule has 28 heavy (non-hydrogen) atoms. The lowest BCUT2D eigenvalue weighted by atomic mass is 10.1. The first kappa shape index (κ1) is 19.8. The van der Waals surface area contributed by atoms with E-state index < -0.39 is 51.1 Å². The van der Waals surface area contributed by atoms with Gasteiger partial charge in [-0.2, -0.15) is 13.2 Å². The predicted octanol–water partition coefficient (Wildman–Crippen LogP) is 3.02. The highest BCUT2D eigenvalue weighted by Gasteiger charge is 2.45. The summed E-state index contributed by atoms with van der Waals surface area (Å²) in [5, 5.41) is 2.08. The normalized spacial score (nSPS) is 16.6. The Kier molecular flexibility index (Phi) is 4.66. The zero-order valence-electron chi connectivity index (χ0n) is 14.1. The number of sulfonamides is 1. The van der Waals surface area contributed by atoms with E-state index in [0.29, 0.717) is 16.4 Å². The highest BCUT2D eigenvalue weighted by Crippen LogP contribution is 2.34. The van der Waals surface area contributed by atoms with Crippen molar-refractivity contribution in [3.63, 3.8) is 0 Å². The van der Waals surface area contributed by atoms with E-state index in [2.05, 4.69) is 5.32 Å². The van der Waals surface area contributed by atoms with E-state index in [1.807, 2.05) is 0 Å². The molecule has 0 aliphatic carbocycles. The number of hydrogen-bond donors (Lipinski definition) is 1. The molecular formula is C17H12F4N2O4S. The van der Waals surface area contributed by atoms with Gasteiger partial charge in [-0.05, 0) is 37.3 Å². The molecule has 1 aliphatic rings. The first-order valence-electron chi connectivity index (χ1n) is 7.80. The molecule has 0 saturated heterocycles. The molecule has 1 N–H and O–H groups in total. The van der Waals surface area contributed by atoms with Gasteiger partial charge in [-0.25, -0.2) is 17.1 Å². The number of anilines is 1. The van der Waals surface area contributed by atoms with E-state index in [9.17, 15) is 35.6 Å². The van der Waals surface area contributed by atoms with Crippen molar-refractivity contribution in [2.24, 2.45) is 0 Å². The molecule has 1 aliphatic heterocycles. The van der Waals surface area contributed by atoms with Gasteiger partial charge in [-0.15, -0.1) is 0 Å². The number of benzene rings is 2. The summed E-state index contributed by atoms with van der Waals surface area (Å²) in [5.41, 5.74) is -2.09. The topological polar surface area (TPSA) is 83.6 Å². The zero-order chi connectivity index (χ0) is 20.9. The number of alkyl halides is 3. The van der Waals surface area contributed by atoms with Crippen molar-refractivity contribution in [2.75, 3.05) is 5.32 Å². The Morgan fingerprint density at radius 1 is 1.14 bits per heavy atom. The minimum Gasteiger partial charge on any atom is -0.324 e. The molecule has 1 atom stereocenters. The second-order valence-corrected chi connectivity index (χ2v) is 7.74. The number of fused-ring (bicyclic) bond motifs is 1. The molecule has 3 rings (SSSR count). The zero-order valence-corrected chi connectivity index (χ0v) is 14.9. The van der Waals surface area contributed by atoms with Crippen LogP contribution in [0.3, 0.4) is 0 Å². The maximum atomic E-state index is 13.3. The average molecular weight is 416 g/mol. The first-order chi connectivity index (χ1) is 12.9. The summed E-state index contributed by atoms with van der Waals surface area (Å²) in [6, 6.07) is 5.62. The molecule has 0 radical (unpaired) electrons. The van der Waals surface area contributed by atoms with Crippen molar-refractivity contribution < 1.29 is 35.6 Å². The van der Waals surface area contributed by atoms with Gasteiger partial charge in [0.05, 0.1) is 11.1 Å². The summed E-state index contributed by atoms with van der Waals surface area (Å²) >= 11 is 0. The fraction of sp³-hybridized carbons (Fsp3) is 0.176. The van der Waals surface area contributed by atoms with Crippen LogP contribution in [0.4, 0.5) is 23.2 Å². The first-order valence-corrected chi connectivity index (χ1v) is 9.24. The van der Waals surface area contributed by atoms with E-state index in [-0.39, 0.29) is 10.5 Å². The Morgan fingerprint density at radius 3 is 2.39 bits per heavy atom. The maximum Gasteiger partial charge on any atom is 0.419 e. The largest absolute Gasteiger partial charge is 0.419 e. The molecular weight excluding hydrogens is 404 g/mol. The number of amides is 2. The van der Waals surface area contributed by atoms with Crippen LogP contribution < -0.4 is 5.32 Å². The minimum absolute atomic E-state index is 0.108. The van der Waals surface area contributed by atoms with E-state index in [4.69, 9.17) is 0 Å². The minimum atomic E-state index is -4.98. The Labute approximate surface area is 156 Å². The van der Waals surface area contributed by atoms with Crippen LogP contribution in [0.1, 0.15) is 22.8 Å². The fourth-order valence-corrected chi connectivity index (χ4v) is 4.48. The second-order valence-electron chi connectivity index (χ2n) is 5.96. The third-order valence-electron chi connectivity index (χ3n) is 4.12. The molecule has 148 valence electrons. The summed E-state index contributed by atoms with van der Waals surface area (Å²) in [7, 11) is -4.29. The van der Waals surface area contributed by atoms with E-state index in [1.54, 1.807) is 0 Å². The van der Waals surface area contributed by atoms with Gasteiger partial charge in [0.25, 0.3) is 15.9 Å². The molecule has 0 spiro atoms. The average Bonchev–Trinajstić information content (AvgIpc) is 2.81. The molecule has 2 aromatic rings. The van der Waals surface area contributed by atoms with Crippen molar-refractivity contribution >= 4 is 27.5 Å². The number of nitrogens with one attached hydrogen (secondary N) is 1. The molecule has 1 heterocycles. The van der Waals surface area contributed by atoms with Crippen LogP contribution in [0, 0.1) is 5.82 Å². The molecule has 0 saturated carbocycles. The Bertz CT molecular complexity index is 1080. The highest BCUT2D eigenvalue weighted by molar-refractivity contribution is 7.90. The lowest BCUT2D eigenvalue weighted by molar-refractivity contribution is -0.140. The molecule has 11 heteroatoms. The molecule has 0 fully saturated rings. The van der Waals surface area contributed by atoms with Crippen LogP contribution >= 0.6 is 0 Å². The van der Waals surface area contributed by atoms with Crippen LogP contribution in [0.15, 0.2) is 47.4 Å². The summed E-state index contributed by atoms with van der Waals surface area (Å²) in [5.74, 6) is -3.50. The summed E-state index contributed by atoms with van der Waals surface area (Å²) in [6.07, 6.45) is -4.98. The van der Waals surface area contributed by atoms with Gasteiger partial charge in [0.2, 0.25) is 5.91 Å². The Balaban J connectivity index is 1.88. The van der Waals surface area contributed by atoms with Crippen LogP contribution in [0.5, 0.6) is 0 Å². The van der Waals surface area contributed by atoms with Crippen LogP contribution in [-0.2, 0) is 21.0 Å². The highest BCUT2D eigenvalue weighted by atomic mass is 32.2. The van der Waals surface area contributed by atoms with Crippen LogP contribution in [-0.4, -0.2) is 30.6 Å². The molecule has 2 amide bonds. The summed E-state index contributed by atoms with van der Waals surface area (Å²) < 4.78 is 77.2. The lowest BCUT2D eigenvalue weighted by Gasteiger charge is -2.22.